The van der Waals surface area contributed by atoms with Crippen LogP contribution in [-0.4, -0.2) is 89.4 Å². The van der Waals surface area contributed by atoms with Gasteiger partial charge in [-0.1, -0.05) is 0 Å². The zero-order chi connectivity index (χ0) is 38.5. The van der Waals surface area contributed by atoms with E-state index in [9.17, 15) is 102 Å². The molecule has 282 valence electrons. The SMILES string of the molecule is CC(CC(F)(OC(F)(F)C(F)(F)C(F)(F)F)C(F)(F)F)(C(=O)OCCOP(=O)(O)O)C(F)(OC(F)(F)C(F)(F)C(F)(F)F)C(F)(F)F. The highest BCUT2D eigenvalue weighted by Gasteiger charge is 2.85. The molecule has 0 radical (unpaired) electrons. The zero-order valence-electron chi connectivity index (χ0n) is 21.2. The lowest BCUT2D eigenvalue weighted by Crippen LogP contribution is -2.68. The minimum Gasteiger partial charge on any atom is -0.463 e. The number of rotatable bonds is 14. The summed E-state index contributed by atoms with van der Waals surface area (Å²) >= 11 is 0. The third kappa shape index (κ3) is 8.96. The molecule has 0 heterocycles. The predicted octanol–water partition coefficient (Wildman–Crippen LogP) is 7.11. The average Bonchev–Trinajstić information content (AvgIpc) is 2.76. The first-order valence-corrected chi connectivity index (χ1v) is 12.0. The second kappa shape index (κ2) is 12.7. The van der Waals surface area contributed by atoms with Crippen molar-refractivity contribution in [3.8, 4) is 0 Å². The first kappa shape index (κ1) is 45.0. The van der Waals surface area contributed by atoms with Gasteiger partial charge < -0.3 is 14.5 Å². The van der Waals surface area contributed by atoms with Gasteiger partial charge in [-0.2, -0.15) is 87.8 Å². The predicted molar refractivity (Wildman–Crippen MR) is 95.5 cm³/mol. The van der Waals surface area contributed by atoms with Crippen molar-refractivity contribution < 1.29 is 134 Å². The van der Waals surface area contributed by atoms with E-state index in [1.807, 2.05) is 0 Å². The number of ether oxygens (including phenoxy) is 3. The monoisotopic (exact) mass is 780 g/mol. The first-order chi connectivity index (χ1) is 20.0. The fraction of sp³-hybridized carbons (Fsp3) is 0.938. The first-order valence-electron chi connectivity index (χ1n) is 10.4. The summed E-state index contributed by atoms with van der Waals surface area (Å²) in [5.74, 6) is -35.2. The van der Waals surface area contributed by atoms with Crippen LogP contribution < -0.4 is 0 Å². The lowest BCUT2D eigenvalue weighted by molar-refractivity contribution is -0.508. The summed E-state index contributed by atoms with van der Waals surface area (Å²) in [6.45, 7) is -5.57. The van der Waals surface area contributed by atoms with E-state index in [1.165, 1.54) is 0 Å². The van der Waals surface area contributed by atoms with Crippen LogP contribution in [0.1, 0.15) is 13.3 Å². The third-order valence-corrected chi connectivity index (χ3v) is 5.63. The molecule has 0 aliphatic heterocycles. The Morgan fingerprint density at radius 2 is 0.936 bits per heavy atom. The quantitative estimate of drug-likeness (QED) is 0.0832. The Morgan fingerprint density at radius 3 is 1.23 bits per heavy atom. The van der Waals surface area contributed by atoms with Gasteiger partial charge in [-0.05, 0) is 6.92 Å². The van der Waals surface area contributed by atoms with E-state index < -0.39 is 106 Å². The number of halogens is 22. The molecule has 0 aliphatic rings. The summed E-state index contributed by atoms with van der Waals surface area (Å²) in [5, 5.41) is 0. The van der Waals surface area contributed by atoms with Crippen LogP contribution in [0, 0.1) is 5.41 Å². The molecule has 0 rings (SSSR count). The second-order valence-corrected chi connectivity index (χ2v) is 9.91. The molecule has 0 bridgehead atoms. The molecule has 31 heteroatoms. The number of carbonyl (C=O) groups excluding carboxylic acids is 1. The van der Waals surface area contributed by atoms with Gasteiger partial charge in [-0.3, -0.25) is 18.8 Å². The van der Waals surface area contributed by atoms with Crippen molar-refractivity contribution in [3.05, 3.63) is 0 Å². The normalized spacial score (nSPS) is 19.1. The topological polar surface area (TPSA) is 112 Å². The fourth-order valence-corrected chi connectivity index (χ4v) is 3.05. The molecule has 0 spiro atoms. The molecule has 47 heavy (non-hydrogen) atoms. The summed E-state index contributed by atoms with van der Waals surface area (Å²) in [6.07, 6.45) is -52.2. The van der Waals surface area contributed by atoms with E-state index in [1.54, 1.807) is 9.47 Å². The van der Waals surface area contributed by atoms with Crippen molar-refractivity contribution in [2.45, 2.75) is 73.8 Å². The number of carbonyl (C=O) groups is 1. The Balaban J connectivity index is 7.73. The molecule has 0 amide bonds. The van der Waals surface area contributed by atoms with Crippen molar-refractivity contribution in [2.24, 2.45) is 5.41 Å². The van der Waals surface area contributed by atoms with Crippen LogP contribution >= 0.6 is 7.82 Å². The van der Waals surface area contributed by atoms with Gasteiger partial charge in [0.2, 0.25) is 0 Å². The van der Waals surface area contributed by atoms with Gasteiger partial charge in [0.25, 0.3) is 0 Å². The minimum atomic E-state index is -8.09. The van der Waals surface area contributed by atoms with E-state index in [4.69, 9.17) is 9.79 Å². The molecule has 0 aliphatic carbocycles. The Hall–Kier alpha value is -2.04. The van der Waals surface area contributed by atoms with Gasteiger partial charge in [0, 0.05) is 6.42 Å². The van der Waals surface area contributed by atoms with E-state index in [2.05, 4.69) is 9.26 Å². The molecule has 0 saturated carbocycles. The van der Waals surface area contributed by atoms with Gasteiger partial charge in [-0.25, -0.2) is 13.3 Å². The molecular formula is C16H11F22O8P. The molecule has 0 aromatic heterocycles. The van der Waals surface area contributed by atoms with Gasteiger partial charge in [0.15, 0.2) is 0 Å². The number of esters is 1. The average molecular weight is 780 g/mol. The summed E-state index contributed by atoms with van der Waals surface area (Å²) < 4.78 is 315. The molecule has 3 unspecified atom stereocenters. The Labute approximate surface area is 242 Å². The molecule has 8 nitrogen and oxygen atoms in total. The fourth-order valence-electron chi connectivity index (χ4n) is 2.74. The molecule has 0 saturated heterocycles. The summed E-state index contributed by atoms with van der Waals surface area (Å²) in [5.41, 5.74) is -6.24. The molecule has 2 N–H and O–H groups in total. The van der Waals surface area contributed by atoms with Crippen LogP contribution in [0.4, 0.5) is 96.6 Å². The van der Waals surface area contributed by atoms with Crippen LogP contribution in [0.2, 0.25) is 0 Å². The largest absolute Gasteiger partial charge is 0.469 e. The maximum Gasteiger partial charge on any atom is 0.469 e. The number of alkyl halides is 22. The maximum atomic E-state index is 15.4. The number of hydrogen-bond acceptors (Lipinski definition) is 6. The van der Waals surface area contributed by atoms with Gasteiger partial charge in [-0.15, -0.1) is 0 Å². The summed E-state index contributed by atoms with van der Waals surface area (Å²) in [7, 11) is -5.73. The van der Waals surface area contributed by atoms with E-state index in [0.717, 1.165) is 0 Å². The van der Waals surface area contributed by atoms with Crippen LogP contribution in [0.3, 0.4) is 0 Å². The Bertz CT molecular complexity index is 1160. The highest BCUT2D eigenvalue weighted by molar-refractivity contribution is 7.46. The highest BCUT2D eigenvalue weighted by atomic mass is 31.2. The van der Waals surface area contributed by atoms with Crippen molar-refractivity contribution >= 4 is 13.8 Å². The highest BCUT2D eigenvalue weighted by Crippen LogP contribution is 2.61. The van der Waals surface area contributed by atoms with Gasteiger partial charge in [0.1, 0.15) is 12.0 Å². The van der Waals surface area contributed by atoms with Crippen molar-refractivity contribution in [1.82, 2.24) is 0 Å². The van der Waals surface area contributed by atoms with Crippen LogP contribution in [0.25, 0.3) is 0 Å². The second-order valence-electron chi connectivity index (χ2n) is 8.67. The molecule has 0 aromatic rings. The van der Waals surface area contributed by atoms with Crippen molar-refractivity contribution in [1.29, 1.82) is 0 Å². The van der Waals surface area contributed by atoms with Crippen LogP contribution in [-0.2, 0) is 28.1 Å². The third-order valence-electron chi connectivity index (χ3n) is 5.11. The Morgan fingerprint density at radius 1 is 0.574 bits per heavy atom. The lowest BCUT2D eigenvalue weighted by atomic mass is 9.75. The van der Waals surface area contributed by atoms with E-state index in [-0.39, 0.29) is 0 Å². The van der Waals surface area contributed by atoms with Gasteiger partial charge in [0.05, 0.1) is 6.61 Å². The number of hydrogen-bond donors (Lipinski definition) is 2. The minimum absolute atomic E-state index is 1.45. The van der Waals surface area contributed by atoms with Crippen molar-refractivity contribution in [2.75, 3.05) is 13.2 Å². The maximum absolute atomic E-state index is 15.4. The van der Waals surface area contributed by atoms with Crippen LogP contribution in [0.15, 0.2) is 0 Å². The van der Waals surface area contributed by atoms with Crippen molar-refractivity contribution in [3.63, 3.8) is 0 Å². The molecule has 0 fully saturated rings. The molecule has 0 aromatic carbocycles. The lowest BCUT2D eigenvalue weighted by Gasteiger charge is -2.46. The van der Waals surface area contributed by atoms with Gasteiger partial charge >= 0.3 is 74.3 Å². The zero-order valence-corrected chi connectivity index (χ0v) is 22.1. The number of phosphoric acid groups is 1. The standard InChI is InChI=1S/C16H11F22O8P/c1-6(5(39)43-2-3-44-47(40,41)42,10(22,14(32,33)34)46-16(37,38)9(20,21)13(29,30)31)4-7(17,11(23,24)25)45-15(35,36)8(18,19)12(26,27)28/h2-4H2,1H3,(H2,40,41,42). The van der Waals surface area contributed by atoms with Crippen LogP contribution in [0.5, 0.6) is 0 Å². The van der Waals surface area contributed by atoms with E-state index in [0.29, 0.717) is 0 Å². The van der Waals surface area contributed by atoms with E-state index >= 15 is 4.39 Å². The smallest absolute Gasteiger partial charge is 0.463 e. The molecular weight excluding hydrogens is 769 g/mol. The Kier molecular flexibility index (Phi) is 12.1. The number of phosphoric ester groups is 1. The summed E-state index contributed by atoms with van der Waals surface area (Å²) in [6, 6.07) is 0. The summed E-state index contributed by atoms with van der Waals surface area (Å²) in [4.78, 5) is 29.1. The molecule has 3 atom stereocenters.